The Balaban J connectivity index is 1.84. The normalized spacial score (nSPS) is 13.9. The van der Waals surface area contributed by atoms with Crippen LogP contribution in [0.15, 0.2) is 78.9 Å². The van der Waals surface area contributed by atoms with Gasteiger partial charge in [0.25, 0.3) is 5.91 Å². The van der Waals surface area contributed by atoms with Gasteiger partial charge in [-0.25, -0.2) is 0 Å². The van der Waals surface area contributed by atoms with E-state index in [-0.39, 0.29) is 24.9 Å². The highest BCUT2D eigenvalue weighted by molar-refractivity contribution is 6.10. The number of carboxylic acids is 1. The SMILES string of the molecule is CC(CN1CC(=O)N(C(c2ccccc2)c2ccccc2)c2ccc(C#CCCCCN)cc2C1=O)C(=O)O. The van der Waals surface area contributed by atoms with Crippen LogP contribution >= 0.6 is 0 Å². The van der Waals surface area contributed by atoms with Crippen molar-refractivity contribution in [2.24, 2.45) is 11.7 Å². The second kappa shape index (κ2) is 12.9. The number of nitrogens with zero attached hydrogens (tertiary/aromatic N) is 2. The fraction of sp³-hybridized carbons (Fsp3) is 0.281. The average molecular weight is 524 g/mol. The number of aliphatic carboxylic acids is 1. The molecule has 39 heavy (non-hydrogen) atoms. The summed E-state index contributed by atoms with van der Waals surface area (Å²) in [6, 6.07) is 24.2. The van der Waals surface area contributed by atoms with E-state index in [1.54, 1.807) is 17.0 Å². The summed E-state index contributed by atoms with van der Waals surface area (Å²) >= 11 is 0. The molecule has 0 aliphatic carbocycles. The molecule has 0 aromatic heterocycles. The maximum Gasteiger partial charge on any atom is 0.308 e. The lowest BCUT2D eigenvalue weighted by molar-refractivity contribution is -0.141. The first kappa shape index (κ1) is 27.6. The molecule has 0 fully saturated rings. The van der Waals surface area contributed by atoms with Crippen molar-refractivity contribution < 1.29 is 19.5 Å². The minimum atomic E-state index is -1.03. The van der Waals surface area contributed by atoms with E-state index in [4.69, 9.17) is 5.73 Å². The minimum absolute atomic E-state index is 0.0798. The number of carboxylic acid groups (broad SMARTS) is 1. The lowest BCUT2D eigenvalue weighted by Gasteiger charge is -2.33. The van der Waals surface area contributed by atoms with Crippen LogP contribution in [-0.4, -0.2) is 47.4 Å². The van der Waals surface area contributed by atoms with Crippen molar-refractivity contribution in [3.63, 3.8) is 0 Å². The third kappa shape index (κ3) is 6.54. The van der Waals surface area contributed by atoms with E-state index in [0.29, 0.717) is 29.8 Å². The second-order valence-corrected chi connectivity index (χ2v) is 9.69. The molecule has 1 unspecified atom stereocenters. The molecule has 0 saturated carbocycles. The van der Waals surface area contributed by atoms with E-state index in [9.17, 15) is 19.5 Å². The van der Waals surface area contributed by atoms with E-state index < -0.39 is 17.9 Å². The topological polar surface area (TPSA) is 104 Å². The molecule has 0 spiro atoms. The Bertz CT molecular complexity index is 1340. The third-order valence-corrected chi connectivity index (χ3v) is 6.76. The van der Waals surface area contributed by atoms with Gasteiger partial charge < -0.3 is 15.7 Å². The molecule has 200 valence electrons. The summed E-state index contributed by atoms with van der Waals surface area (Å²) in [6.07, 6.45) is 2.48. The van der Waals surface area contributed by atoms with Crippen LogP contribution in [0.5, 0.6) is 0 Å². The smallest absolute Gasteiger partial charge is 0.308 e. The molecule has 4 rings (SSSR count). The molecule has 1 heterocycles. The van der Waals surface area contributed by atoms with E-state index >= 15 is 0 Å². The first-order valence-corrected chi connectivity index (χ1v) is 13.2. The van der Waals surface area contributed by atoms with Gasteiger partial charge in [0.15, 0.2) is 0 Å². The van der Waals surface area contributed by atoms with Gasteiger partial charge in [-0.15, -0.1) is 0 Å². The molecule has 0 bridgehead atoms. The van der Waals surface area contributed by atoms with Crippen LogP contribution in [0.3, 0.4) is 0 Å². The summed E-state index contributed by atoms with van der Waals surface area (Å²) in [5, 5.41) is 9.51. The molecule has 1 aliphatic heterocycles. The summed E-state index contributed by atoms with van der Waals surface area (Å²) < 4.78 is 0. The quantitative estimate of drug-likeness (QED) is 0.318. The van der Waals surface area contributed by atoms with Gasteiger partial charge in [-0.2, -0.15) is 0 Å². The Hall–Kier alpha value is -4.41. The predicted molar refractivity (Wildman–Crippen MR) is 151 cm³/mol. The highest BCUT2D eigenvalue weighted by atomic mass is 16.4. The Morgan fingerprint density at radius 3 is 2.21 bits per heavy atom. The van der Waals surface area contributed by atoms with E-state index in [2.05, 4.69) is 11.8 Å². The predicted octanol–water partition coefficient (Wildman–Crippen LogP) is 4.47. The summed E-state index contributed by atoms with van der Waals surface area (Å²) in [5.41, 5.74) is 8.81. The van der Waals surface area contributed by atoms with Gasteiger partial charge >= 0.3 is 5.97 Å². The number of nitrogens with two attached hydrogens (primary N) is 1. The van der Waals surface area contributed by atoms with Crippen LogP contribution < -0.4 is 10.6 Å². The maximum atomic E-state index is 14.0. The van der Waals surface area contributed by atoms with Gasteiger partial charge in [-0.3, -0.25) is 19.3 Å². The summed E-state index contributed by atoms with van der Waals surface area (Å²) in [5.74, 6) is 3.72. The molecule has 7 heteroatoms. The number of benzene rings is 3. The Labute approximate surface area is 229 Å². The van der Waals surface area contributed by atoms with E-state index in [1.165, 1.54) is 11.8 Å². The Kier molecular flexibility index (Phi) is 9.14. The van der Waals surface area contributed by atoms with Crippen LogP contribution in [0, 0.1) is 17.8 Å². The minimum Gasteiger partial charge on any atom is -0.481 e. The van der Waals surface area contributed by atoms with Gasteiger partial charge in [-0.1, -0.05) is 79.4 Å². The molecule has 3 aromatic carbocycles. The Morgan fingerprint density at radius 1 is 0.974 bits per heavy atom. The van der Waals surface area contributed by atoms with Crippen LogP contribution in [0.1, 0.15) is 59.3 Å². The van der Waals surface area contributed by atoms with Gasteiger partial charge in [0, 0.05) is 18.5 Å². The standard InChI is InChI=1S/C32H33N3O4/c1-23(32(38)39)21-34-22-29(36)35(30(25-13-7-4-8-14-25)26-15-9-5-10-16-26)28-18-17-24(20-27(28)31(34)37)12-6-2-3-11-19-33/h4-5,7-10,13-18,20,23,30H,2-3,11,19,21-22,33H2,1H3,(H,38,39). The molecular weight excluding hydrogens is 490 g/mol. The van der Waals surface area contributed by atoms with Crippen LogP contribution in [0.2, 0.25) is 0 Å². The molecule has 1 atom stereocenters. The lowest BCUT2D eigenvalue weighted by atomic mass is 9.95. The van der Waals surface area contributed by atoms with Crippen molar-refractivity contribution in [2.75, 3.05) is 24.5 Å². The second-order valence-electron chi connectivity index (χ2n) is 9.69. The van der Waals surface area contributed by atoms with E-state index in [0.717, 1.165) is 24.0 Å². The van der Waals surface area contributed by atoms with E-state index in [1.807, 2.05) is 66.7 Å². The fourth-order valence-electron chi connectivity index (χ4n) is 4.73. The number of hydrogen-bond donors (Lipinski definition) is 2. The molecule has 0 saturated heterocycles. The average Bonchev–Trinajstić information content (AvgIpc) is 3.04. The van der Waals surface area contributed by atoms with Crippen molar-refractivity contribution in [2.45, 2.75) is 32.2 Å². The number of fused-ring (bicyclic) bond motifs is 1. The molecule has 0 radical (unpaired) electrons. The van der Waals surface area contributed by atoms with Gasteiger partial charge in [0.05, 0.1) is 23.2 Å². The zero-order valence-corrected chi connectivity index (χ0v) is 22.0. The molecule has 1 aliphatic rings. The molecule has 2 amide bonds. The largest absolute Gasteiger partial charge is 0.481 e. The van der Waals surface area contributed by atoms with Crippen LogP contribution in [0.4, 0.5) is 5.69 Å². The first-order chi connectivity index (χ1) is 18.9. The van der Waals surface area contributed by atoms with Crippen molar-refractivity contribution in [1.29, 1.82) is 0 Å². The number of unbranched alkanes of at least 4 members (excludes halogenated alkanes) is 2. The number of carbonyl (C=O) groups excluding carboxylic acids is 2. The lowest BCUT2D eigenvalue weighted by Crippen LogP contribution is -2.43. The highest BCUT2D eigenvalue weighted by Gasteiger charge is 2.37. The van der Waals surface area contributed by atoms with Gasteiger partial charge in [-0.05, 0) is 48.7 Å². The number of rotatable bonds is 9. The molecule has 3 aromatic rings. The van der Waals surface area contributed by atoms with Crippen molar-refractivity contribution in [1.82, 2.24) is 4.90 Å². The number of carbonyl (C=O) groups is 3. The molecular formula is C32H33N3O4. The number of amides is 2. The van der Waals surface area contributed by atoms with Crippen molar-refractivity contribution in [3.8, 4) is 11.8 Å². The number of anilines is 1. The summed E-state index contributed by atoms with van der Waals surface area (Å²) in [7, 11) is 0. The molecule has 3 N–H and O–H groups in total. The van der Waals surface area contributed by atoms with Crippen LogP contribution in [0.25, 0.3) is 0 Å². The third-order valence-electron chi connectivity index (χ3n) is 6.76. The maximum absolute atomic E-state index is 14.0. The monoisotopic (exact) mass is 523 g/mol. The number of hydrogen-bond acceptors (Lipinski definition) is 4. The van der Waals surface area contributed by atoms with Crippen molar-refractivity contribution in [3.05, 3.63) is 101 Å². The Morgan fingerprint density at radius 2 is 1.62 bits per heavy atom. The highest BCUT2D eigenvalue weighted by Crippen LogP contribution is 2.37. The summed E-state index contributed by atoms with van der Waals surface area (Å²) in [4.78, 5) is 42.4. The molecule has 7 nitrogen and oxygen atoms in total. The van der Waals surface area contributed by atoms with Gasteiger partial charge in [0.2, 0.25) is 5.91 Å². The summed E-state index contributed by atoms with van der Waals surface area (Å²) in [6.45, 7) is 1.84. The first-order valence-electron chi connectivity index (χ1n) is 13.2. The fourth-order valence-corrected chi connectivity index (χ4v) is 4.73. The van der Waals surface area contributed by atoms with Gasteiger partial charge in [0.1, 0.15) is 6.54 Å². The zero-order chi connectivity index (χ0) is 27.8. The van der Waals surface area contributed by atoms with Crippen LogP contribution in [-0.2, 0) is 9.59 Å². The zero-order valence-electron chi connectivity index (χ0n) is 22.0. The van der Waals surface area contributed by atoms with Crippen molar-refractivity contribution >= 4 is 23.5 Å².